The van der Waals surface area contributed by atoms with Gasteiger partial charge in [-0.3, -0.25) is 0 Å². The normalized spacial score (nSPS) is 19.5. The molecule has 0 amide bonds. The number of fused-ring (bicyclic) bond motifs is 1. The second-order valence-corrected chi connectivity index (χ2v) is 6.11. The van der Waals surface area contributed by atoms with E-state index in [4.69, 9.17) is 4.74 Å². The molecule has 2 unspecified atom stereocenters. The van der Waals surface area contributed by atoms with E-state index in [1.807, 2.05) is 18.2 Å². The molecule has 0 radical (unpaired) electrons. The molecule has 118 valence electrons. The number of nitrogens with one attached hydrogen (secondary N) is 2. The lowest BCUT2D eigenvalue weighted by molar-refractivity contribution is -0.131. The van der Waals surface area contributed by atoms with E-state index >= 15 is 0 Å². The summed E-state index contributed by atoms with van der Waals surface area (Å²) < 4.78 is 6.47. The molecule has 1 aromatic carbocycles. The first-order valence-electron chi connectivity index (χ1n) is 7.29. The van der Waals surface area contributed by atoms with Crippen molar-refractivity contribution in [2.45, 2.75) is 25.2 Å². The predicted octanol–water partition coefficient (Wildman–Crippen LogP) is 1.29. The Morgan fingerprint density at radius 1 is 1.41 bits per heavy atom. The van der Waals surface area contributed by atoms with E-state index in [2.05, 4.69) is 41.7 Å². The second kappa shape index (κ2) is 7.28. The summed E-state index contributed by atoms with van der Waals surface area (Å²) in [6, 6.07) is 5.66. The lowest BCUT2D eigenvalue weighted by Gasteiger charge is -2.16. The molecule has 1 saturated heterocycles. The van der Waals surface area contributed by atoms with Gasteiger partial charge >= 0.3 is 0 Å². The molecular weight excluding hydrogens is 350 g/mol. The van der Waals surface area contributed by atoms with E-state index in [9.17, 15) is 5.11 Å². The van der Waals surface area contributed by atoms with Crippen molar-refractivity contribution < 1.29 is 9.84 Å². The Morgan fingerprint density at radius 3 is 3.14 bits per heavy atom. The van der Waals surface area contributed by atoms with E-state index in [1.165, 1.54) is 0 Å². The Labute approximate surface area is 136 Å². The van der Waals surface area contributed by atoms with Crippen LogP contribution in [0.4, 0.5) is 5.95 Å². The van der Waals surface area contributed by atoms with Crippen LogP contribution in [0.15, 0.2) is 22.7 Å². The largest absolute Gasteiger partial charge is 0.368 e. The van der Waals surface area contributed by atoms with Gasteiger partial charge < -0.3 is 20.5 Å². The monoisotopic (exact) mass is 367 g/mol. The third-order valence-electron chi connectivity index (χ3n) is 3.46. The molecule has 1 aliphatic rings. The fourth-order valence-corrected chi connectivity index (χ4v) is 2.67. The number of ether oxygens (including phenoxy) is 1. The van der Waals surface area contributed by atoms with E-state index < -0.39 is 6.29 Å². The maximum Gasteiger partial charge on any atom is 0.243 e. The average Bonchev–Trinajstić information content (AvgIpc) is 3.00. The average molecular weight is 368 g/mol. The third kappa shape index (κ3) is 4.10. The lowest BCUT2D eigenvalue weighted by Crippen LogP contribution is -2.26. The summed E-state index contributed by atoms with van der Waals surface area (Å²) in [5.41, 5.74) is 1.51. The summed E-state index contributed by atoms with van der Waals surface area (Å²) in [7, 11) is 0. The van der Waals surface area contributed by atoms with Gasteiger partial charge in [0.2, 0.25) is 5.95 Å². The first kappa shape index (κ1) is 15.5. The summed E-state index contributed by atoms with van der Waals surface area (Å²) in [6.45, 7) is 2.27. The number of aliphatic hydroxyl groups excluding tert-OH is 1. The third-order valence-corrected chi connectivity index (χ3v) is 3.95. The van der Waals surface area contributed by atoms with Crippen molar-refractivity contribution in [3.63, 3.8) is 0 Å². The summed E-state index contributed by atoms with van der Waals surface area (Å²) in [5, 5.41) is 24.2. The number of benzene rings is 1. The summed E-state index contributed by atoms with van der Waals surface area (Å²) >= 11 is 3.39. The van der Waals surface area contributed by atoms with Crippen molar-refractivity contribution >= 4 is 32.9 Å². The number of halogens is 1. The summed E-state index contributed by atoms with van der Waals surface area (Å²) in [5.74, 6) is 0.449. The Bertz CT molecular complexity index is 636. The summed E-state index contributed by atoms with van der Waals surface area (Å²) in [4.78, 5) is 4.38. The van der Waals surface area contributed by atoms with Gasteiger partial charge in [0, 0.05) is 24.0 Å². The van der Waals surface area contributed by atoms with E-state index in [1.54, 1.807) is 0 Å². The van der Waals surface area contributed by atoms with Gasteiger partial charge in [-0.1, -0.05) is 15.9 Å². The molecule has 1 aromatic heterocycles. The highest BCUT2D eigenvalue weighted by atomic mass is 79.9. The molecule has 0 spiro atoms. The van der Waals surface area contributed by atoms with E-state index in [0.717, 1.165) is 35.0 Å². The van der Waals surface area contributed by atoms with Gasteiger partial charge in [0.25, 0.3) is 0 Å². The van der Waals surface area contributed by atoms with Gasteiger partial charge in [-0.15, -0.1) is 10.2 Å². The van der Waals surface area contributed by atoms with Crippen LogP contribution in [0.5, 0.6) is 0 Å². The molecule has 3 rings (SSSR count). The molecule has 0 bridgehead atoms. The minimum absolute atomic E-state index is 0.104. The number of anilines is 1. The number of hydrogen-bond donors (Lipinski definition) is 3. The molecule has 2 heterocycles. The van der Waals surface area contributed by atoms with Crippen LogP contribution in [0.1, 0.15) is 12.8 Å². The van der Waals surface area contributed by atoms with Crippen molar-refractivity contribution in [2.75, 3.05) is 25.0 Å². The fourth-order valence-electron chi connectivity index (χ4n) is 2.33. The highest BCUT2D eigenvalue weighted by molar-refractivity contribution is 9.10. The Balaban J connectivity index is 1.49. The standard InChI is InChI=1S/C14H18BrN5O2/c15-9-1-2-11-12(7-9)19-20-14(18-11)17-6-4-13(21)22-10-3-5-16-8-10/h1-2,7,10,13,16,21H,3-6,8H2,(H,17,18,20). The predicted molar refractivity (Wildman–Crippen MR) is 86.5 cm³/mol. The van der Waals surface area contributed by atoms with Crippen molar-refractivity contribution in [3.05, 3.63) is 22.7 Å². The lowest BCUT2D eigenvalue weighted by atomic mass is 10.3. The molecule has 0 saturated carbocycles. The highest BCUT2D eigenvalue weighted by Crippen LogP contribution is 2.16. The van der Waals surface area contributed by atoms with Gasteiger partial charge in [0.1, 0.15) is 5.52 Å². The molecule has 2 aromatic rings. The SMILES string of the molecule is OC(CCNc1nnc2cc(Br)ccc2n1)OC1CCNC1. The molecule has 1 aliphatic heterocycles. The number of nitrogens with zero attached hydrogens (tertiary/aromatic N) is 3. The zero-order chi connectivity index (χ0) is 15.4. The smallest absolute Gasteiger partial charge is 0.243 e. The van der Waals surface area contributed by atoms with Crippen LogP contribution in [-0.2, 0) is 4.74 Å². The first-order valence-corrected chi connectivity index (χ1v) is 8.08. The summed E-state index contributed by atoms with van der Waals surface area (Å²) in [6.07, 6.45) is 0.740. The molecule has 0 aliphatic carbocycles. The van der Waals surface area contributed by atoms with Crippen molar-refractivity contribution in [3.8, 4) is 0 Å². The fraction of sp³-hybridized carbons (Fsp3) is 0.500. The minimum atomic E-state index is -0.776. The topological polar surface area (TPSA) is 92.2 Å². The Morgan fingerprint density at radius 2 is 2.32 bits per heavy atom. The molecule has 2 atom stereocenters. The van der Waals surface area contributed by atoms with Crippen LogP contribution < -0.4 is 10.6 Å². The molecule has 1 fully saturated rings. The Hall–Kier alpha value is -1.35. The van der Waals surface area contributed by atoms with Gasteiger partial charge in [0.15, 0.2) is 6.29 Å². The molecular formula is C14H18BrN5O2. The second-order valence-electron chi connectivity index (χ2n) is 5.19. The molecule has 22 heavy (non-hydrogen) atoms. The Kier molecular flexibility index (Phi) is 5.14. The van der Waals surface area contributed by atoms with Gasteiger partial charge in [-0.2, -0.15) is 0 Å². The van der Waals surface area contributed by atoms with Crippen molar-refractivity contribution in [1.82, 2.24) is 20.5 Å². The van der Waals surface area contributed by atoms with Crippen LogP contribution in [0.3, 0.4) is 0 Å². The van der Waals surface area contributed by atoms with Crippen LogP contribution in [0, 0.1) is 0 Å². The van der Waals surface area contributed by atoms with E-state index in [-0.39, 0.29) is 6.10 Å². The van der Waals surface area contributed by atoms with Crippen LogP contribution in [0.25, 0.3) is 11.0 Å². The molecule has 8 heteroatoms. The first-order chi connectivity index (χ1) is 10.7. The van der Waals surface area contributed by atoms with Gasteiger partial charge in [0.05, 0.1) is 11.6 Å². The van der Waals surface area contributed by atoms with Crippen molar-refractivity contribution in [2.24, 2.45) is 0 Å². The highest BCUT2D eigenvalue weighted by Gasteiger charge is 2.18. The number of hydrogen-bond acceptors (Lipinski definition) is 7. The van der Waals surface area contributed by atoms with Crippen LogP contribution >= 0.6 is 15.9 Å². The number of aliphatic hydroxyl groups is 1. The maximum atomic E-state index is 9.84. The number of aromatic nitrogens is 3. The zero-order valence-electron chi connectivity index (χ0n) is 12.0. The maximum absolute atomic E-state index is 9.84. The molecule has 3 N–H and O–H groups in total. The van der Waals surface area contributed by atoms with Gasteiger partial charge in [-0.25, -0.2) is 4.98 Å². The number of rotatable bonds is 6. The van der Waals surface area contributed by atoms with Crippen LogP contribution in [-0.4, -0.2) is 52.3 Å². The quantitative estimate of drug-likeness (QED) is 0.662. The zero-order valence-corrected chi connectivity index (χ0v) is 13.6. The molecule has 7 nitrogen and oxygen atoms in total. The van der Waals surface area contributed by atoms with Crippen LogP contribution in [0.2, 0.25) is 0 Å². The van der Waals surface area contributed by atoms with Gasteiger partial charge in [-0.05, 0) is 31.2 Å². The minimum Gasteiger partial charge on any atom is -0.368 e. The van der Waals surface area contributed by atoms with E-state index in [0.29, 0.717) is 18.9 Å². The van der Waals surface area contributed by atoms with Crippen molar-refractivity contribution in [1.29, 1.82) is 0 Å².